The lowest BCUT2D eigenvalue weighted by Gasteiger charge is -2.43. The van der Waals surface area contributed by atoms with Crippen molar-refractivity contribution >= 4 is 56.2 Å². The van der Waals surface area contributed by atoms with Gasteiger partial charge in [0.25, 0.3) is 11.8 Å². The number of amides is 2. The summed E-state index contributed by atoms with van der Waals surface area (Å²) in [5.74, 6) is -3.26. The van der Waals surface area contributed by atoms with Gasteiger partial charge in [-0.2, -0.15) is 8.42 Å². The van der Waals surface area contributed by atoms with Crippen LogP contribution < -0.4 is 27.8 Å². The van der Waals surface area contributed by atoms with Crippen LogP contribution in [-0.4, -0.2) is 103 Å². The lowest BCUT2D eigenvalue weighted by molar-refractivity contribution is -0.165. The first-order valence-corrected chi connectivity index (χ1v) is 15.6. The summed E-state index contributed by atoms with van der Waals surface area (Å²) < 4.78 is 35.0. The molecular formula is C22H32N12O8S2. The summed E-state index contributed by atoms with van der Waals surface area (Å²) in [6.07, 6.45) is 3.59. The number of thiazole rings is 1. The molecule has 0 bridgehead atoms. The maximum Gasteiger partial charge on any atom is 0.362 e. The number of hydrogen-bond acceptors (Lipinski definition) is 14. The molecule has 1 saturated carbocycles. The molecule has 2 amide bonds. The third-order valence-corrected chi connectivity index (χ3v) is 8.48. The molecule has 10 N–H and O–H groups in total. The Labute approximate surface area is 254 Å². The zero-order valence-electron chi connectivity index (χ0n) is 23.2. The van der Waals surface area contributed by atoms with Gasteiger partial charge in [0.15, 0.2) is 16.8 Å². The van der Waals surface area contributed by atoms with Gasteiger partial charge in [0.2, 0.25) is 5.60 Å². The number of aromatic nitrogens is 4. The standard InChI is InChI=1S/C22H32N12O8S2/c23-6-3-7-26-20(24)27-8-12-9-33(32-30-12)10-14-16(18(36)34(14)44(39,40)41)29-17(35)15(13-11-43-21(25)28-13)31-42-22(19(37)38)4-1-2-5-22/h9,11,14,16H,1-8,10,23H2,(H2,25,28)(H,29,35)(H,37,38)(H3,24,26,27)(H,39,40,41)/b31-15-/t14-,16+/m1/s1. The van der Waals surface area contributed by atoms with E-state index in [2.05, 4.69) is 36.1 Å². The van der Waals surface area contributed by atoms with E-state index in [1.807, 2.05) is 0 Å². The Hall–Kier alpha value is -4.41. The second-order valence-electron chi connectivity index (χ2n) is 9.94. The molecule has 2 aliphatic rings. The Morgan fingerprint density at radius 2 is 2.02 bits per heavy atom. The van der Waals surface area contributed by atoms with Crippen LogP contribution in [-0.2, 0) is 42.6 Å². The van der Waals surface area contributed by atoms with Gasteiger partial charge in [-0.3, -0.25) is 14.1 Å². The van der Waals surface area contributed by atoms with Crippen LogP contribution in [0.4, 0.5) is 5.13 Å². The number of carbonyl (C=O) groups excluding carboxylic acids is 2. The SMILES string of the molecule is NCCCNC(N)=NCc1cn(C[C@@H]2[C@H](NC(=O)/C(=N\OC3(C(=O)O)CCCC3)c3csc(N)n3)C(=O)N2S(=O)(=O)O)nn1. The first-order valence-electron chi connectivity index (χ1n) is 13.3. The molecule has 22 heteroatoms. The number of hydrogen-bond donors (Lipinski definition) is 7. The number of nitrogen functional groups attached to an aromatic ring is 1. The number of aliphatic carboxylic acids is 1. The van der Waals surface area contributed by atoms with Crippen molar-refractivity contribution in [2.75, 3.05) is 18.8 Å². The number of oxime groups is 1. The Bertz CT molecular complexity index is 1550. The zero-order chi connectivity index (χ0) is 32.1. The molecule has 0 radical (unpaired) electrons. The molecule has 2 fully saturated rings. The van der Waals surface area contributed by atoms with Crippen molar-refractivity contribution in [1.29, 1.82) is 0 Å². The van der Waals surface area contributed by atoms with Crippen LogP contribution >= 0.6 is 11.3 Å². The van der Waals surface area contributed by atoms with E-state index in [4.69, 9.17) is 22.0 Å². The van der Waals surface area contributed by atoms with E-state index < -0.39 is 51.5 Å². The van der Waals surface area contributed by atoms with Crippen molar-refractivity contribution in [2.45, 2.75) is 62.9 Å². The summed E-state index contributed by atoms with van der Waals surface area (Å²) in [6.45, 7) is 0.725. The maximum absolute atomic E-state index is 13.4. The average molecular weight is 657 g/mol. The van der Waals surface area contributed by atoms with Gasteiger partial charge in [-0.1, -0.05) is 10.4 Å². The highest BCUT2D eigenvalue weighted by Crippen LogP contribution is 2.34. The molecule has 2 atom stereocenters. The summed E-state index contributed by atoms with van der Waals surface area (Å²) in [6, 6.07) is -2.80. The average Bonchev–Trinajstić information content (AvgIpc) is 3.72. The van der Waals surface area contributed by atoms with E-state index >= 15 is 0 Å². The van der Waals surface area contributed by atoms with E-state index in [1.54, 1.807) is 0 Å². The second kappa shape index (κ2) is 13.5. The highest BCUT2D eigenvalue weighted by Gasteiger charge is 2.54. The summed E-state index contributed by atoms with van der Waals surface area (Å²) in [4.78, 5) is 51.6. The molecule has 1 aliphatic heterocycles. The van der Waals surface area contributed by atoms with Gasteiger partial charge in [0.05, 0.1) is 25.3 Å². The second-order valence-corrected chi connectivity index (χ2v) is 12.1. The van der Waals surface area contributed by atoms with Crippen molar-refractivity contribution in [3.63, 3.8) is 0 Å². The van der Waals surface area contributed by atoms with E-state index in [-0.39, 0.29) is 47.0 Å². The minimum Gasteiger partial charge on any atom is -0.478 e. The third-order valence-electron chi connectivity index (χ3n) is 6.86. The molecule has 0 aromatic carbocycles. The third kappa shape index (κ3) is 7.38. The predicted molar refractivity (Wildman–Crippen MR) is 154 cm³/mol. The quantitative estimate of drug-likeness (QED) is 0.0273. The van der Waals surface area contributed by atoms with E-state index in [1.165, 1.54) is 16.3 Å². The number of β-lactam (4-membered cyclic amide) rings is 1. The topological polar surface area (TPSA) is 309 Å². The zero-order valence-corrected chi connectivity index (χ0v) is 24.8. The monoisotopic (exact) mass is 656 g/mol. The number of rotatable bonds is 14. The highest BCUT2D eigenvalue weighted by atomic mass is 32.2. The largest absolute Gasteiger partial charge is 0.478 e. The molecule has 240 valence electrons. The first-order chi connectivity index (χ1) is 20.8. The number of nitrogens with one attached hydrogen (secondary N) is 2. The summed E-state index contributed by atoms with van der Waals surface area (Å²) >= 11 is 0.973. The van der Waals surface area contributed by atoms with Crippen LogP contribution in [0.3, 0.4) is 0 Å². The molecule has 1 saturated heterocycles. The molecule has 0 spiro atoms. The van der Waals surface area contributed by atoms with Crippen LogP contribution in [0, 0.1) is 0 Å². The predicted octanol–water partition coefficient (Wildman–Crippen LogP) is -2.61. The molecule has 0 unspecified atom stereocenters. The number of anilines is 1. The lowest BCUT2D eigenvalue weighted by atomic mass is 9.98. The van der Waals surface area contributed by atoms with Gasteiger partial charge in [-0.15, -0.1) is 16.4 Å². The van der Waals surface area contributed by atoms with Crippen molar-refractivity contribution in [3.05, 3.63) is 23.0 Å². The van der Waals surface area contributed by atoms with Crippen molar-refractivity contribution in [1.82, 2.24) is 34.9 Å². The number of nitrogens with zero attached hydrogens (tertiary/aromatic N) is 7. The molecule has 44 heavy (non-hydrogen) atoms. The number of carboxylic acids is 1. The molecule has 2 aromatic rings. The van der Waals surface area contributed by atoms with Gasteiger partial charge in [0.1, 0.15) is 17.4 Å². The van der Waals surface area contributed by atoms with Gasteiger partial charge < -0.3 is 37.8 Å². The summed E-state index contributed by atoms with van der Waals surface area (Å²) in [5.41, 5.74) is 15.1. The highest BCUT2D eigenvalue weighted by molar-refractivity contribution is 7.84. The Balaban J connectivity index is 1.52. The molecule has 3 heterocycles. The molecule has 1 aliphatic carbocycles. The normalized spacial score (nSPS) is 20.3. The fourth-order valence-corrected chi connectivity index (χ4v) is 6.03. The van der Waals surface area contributed by atoms with E-state index in [9.17, 15) is 32.5 Å². The smallest absolute Gasteiger partial charge is 0.362 e. The Morgan fingerprint density at radius 1 is 1.30 bits per heavy atom. The molecule has 20 nitrogen and oxygen atoms in total. The fourth-order valence-electron chi connectivity index (χ4n) is 4.61. The van der Waals surface area contributed by atoms with Gasteiger partial charge in [-0.05, 0) is 25.8 Å². The minimum absolute atomic E-state index is 0.0294. The molecule has 2 aromatic heterocycles. The van der Waals surface area contributed by atoms with Crippen LogP contribution in [0.25, 0.3) is 0 Å². The summed E-state index contributed by atoms with van der Waals surface area (Å²) in [5, 5.41) is 28.1. The van der Waals surface area contributed by atoms with Crippen LogP contribution in [0.5, 0.6) is 0 Å². The lowest BCUT2D eigenvalue weighted by Crippen LogP contribution is -2.73. The molecular weight excluding hydrogens is 624 g/mol. The summed E-state index contributed by atoms with van der Waals surface area (Å²) in [7, 11) is -5.02. The van der Waals surface area contributed by atoms with Gasteiger partial charge in [-0.25, -0.2) is 23.8 Å². The minimum atomic E-state index is -5.02. The van der Waals surface area contributed by atoms with Crippen molar-refractivity contribution in [2.24, 2.45) is 21.6 Å². The number of nitrogens with two attached hydrogens (primary N) is 3. The van der Waals surface area contributed by atoms with Crippen LogP contribution in [0.2, 0.25) is 0 Å². The number of aliphatic imine (C=N–C) groups is 1. The maximum atomic E-state index is 13.4. The van der Waals surface area contributed by atoms with Crippen molar-refractivity contribution < 1.29 is 37.3 Å². The Kier molecular flexibility index (Phi) is 9.96. The van der Waals surface area contributed by atoms with Gasteiger partial charge >= 0.3 is 16.3 Å². The number of guanidine groups is 1. The van der Waals surface area contributed by atoms with Crippen LogP contribution in [0.1, 0.15) is 43.5 Å². The first kappa shape index (κ1) is 32.5. The van der Waals surface area contributed by atoms with Crippen LogP contribution in [0.15, 0.2) is 21.7 Å². The Morgan fingerprint density at radius 3 is 2.64 bits per heavy atom. The fraction of sp³-hybridized carbons (Fsp3) is 0.545. The van der Waals surface area contributed by atoms with E-state index in [0.717, 1.165) is 11.3 Å². The molecule has 4 rings (SSSR count). The van der Waals surface area contributed by atoms with E-state index in [0.29, 0.717) is 38.0 Å². The number of carboxylic acid groups (broad SMARTS) is 1. The number of carbonyl (C=O) groups is 3. The van der Waals surface area contributed by atoms with Crippen molar-refractivity contribution in [3.8, 4) is 0 Å². The van der Waals surface area contributed by atoms with Gasteiger partial charge in [0, 0.05) is 24.8 Å².